The topological polar surface area (TPSA) is 65.6 Å². The molecule has 0 bridgehead atoms. The quantitative estimate of drug-likeness (QED) is 0.422. The Morgan fingerprint density at radius 3 is 2.41 bits per heavy atom. The zero-order valence-electron chi connectivity index (χ0n) is 21.2. The van der Waals surface area contributed by atoms with Crippen LogP contribution in [0.4, 0.5) is 0 Å². The molecule has 1 aliphatic carbocycles. The predicted octanol–water partition coefficient (Wildman–Crippen LogP) is 5.91. The molecule has 1 N–H and O–H groups in total. The van der Waals surface area contributed by atoms with Crippen molar-refractivity contribution in [1.29, 1.82) is 0 Å². The molecule has 1 aliphatic heterocycles. The molecule has 0 atom stereocenters. The summed E-state index contributed by atoms with van der Waals surface area (Å²) in [7, 11) is 1.65. The lowest BCUT2D eigenvalue weighted by Gasteiger charge is -2.26. The van der Waals surface area contributed by atoms with Crippen LogP contribution in [0.3, 0.4) is 0 Å². The average Bonchev–Trinajstić information content (AvgIpc) is 3.55. The van der Waals surface area contributed by atoms with Crippen LogP contribution in [0.2, 0.25) is 0 Å². The van der Waals surface area contributed by atoms with Crippen LogP contribution in [0.5, 0.6) is 5.75 Å². The number of aromatic nitrogens is 1. The van der Waals surface area contributed by atoms with Crippen LogP contribution in [-0.2, 0) is 12.8 Å². The van der Waals surface area contributed by atoms with Gasteiger partial charge in [0.1, 0.15) is 5.75 Å². The van der Waals surface area contributed by atoms with Crippen molar-refractivity contribution in [2.75, 3.05) is 26.9 Å². The van der Waals surface area contributed by atoms with Crippen LogP contribution in [0.25, 0.3) is 21.8 Å². The van der Waals surface area contributed by atoms with E-state index < -0.39 is 0 Å². The Balaban J connectivity index is 0.00000133. The second-order valence-corrected chi connectivity index (χ2v) is 8.97. The van der Waals surface area contributed by atoms with Crippen molar-refractivity contribution in [2.45, 2.75) is 66.2 Å². The normalized spacial score (nSPS) is 14.7. The molecule has 2 amide bonds. The molecule has 1 aromatic heterocycles. The van der Waals surface area contributed by atoms with E-state index in [0.717, 1.165) is 84.7 Å². The molecule has 2 aromatic carbocycles. The van der Waals surface area contributed by atoms with Crippen LogP contribution >= 0.6 is 0 Å². The van der Waals surface area contributed by atoms with Crippen molar-refractivity contribution in [3.05, 3.63) is 40.5 Å². The van der Waals surface area contributed by atoms with Crippen molar-refractivity contribution >= 4 is 33.6 Å². The van der Waals surface area contributed by atoms with E-state index in [1.165, 1.54) is 10.5 Å². The van der Waals surface area contributed by atoms with Crippen molar-refractivity contribution in [3.8, 4) is 5.75 Å². The van der Waals surface area contributed by atoms with E-state index in [1.54, 1.807) is 7.11 Å². The molecule has 182 valence electrons. The number of rotatable bonds is 8. The highest BCUT2D eigenvalue weighted by molar-refractivity contribution is 6.31. The Labute approximate surface area is 202 Å². The molecule has 2 heterocycles. The molecular weight excluding hydrogens is 426 g/mol. The number of unbranched alkanes of at least 4 members (excludes halogenated alkanes) is 1. The maximum absolute atomic E-state index is 13.8. The summed E-state index contributed by atoms with van der Waals surface area (Å²) in [6, 6.07) is 5.88. The van der Waals surface area contributed by atoms with Crippen LogP contribution in [0.15, 0.2) is 18.2 Å². The van der Waals surface area contributed by atoms with E-state index in [2.05, 4.69) is 23.7 Å². The van der Waals surface area contributed by atoms with Gasteiger partial charge in [0.15, 0.2) is 0 Å². The first-order valence-electron chi connectivity index (χ1n) is 12.8. The van der Waals surface area contributed by atoms with E-state index in [4.69, 9.17) is 4.74 Å². The van der Waals surface area contributed by atoms with Gasteiger partial charge in [0.2, 0.25) is 0 Å². The molecule has 0 saturated carbocycles. The number of hydrogen-bond acceptors (Lipinski definition) is 4. The summed E-state index contributed by atoms with van der Waals surface area (Å²) in [5, 5.41) is 1.75. The minimum atomic E-state index is -0.172. The number of nitrogens with zero attached hydrogens (tertiary/aromatic N) is 2. The van der Waals surface area contributed by atoms with E-state index in [9.17, 15) is 9.59 Å². The monoisotopic (exact) mass is 463 g/mol. The first-order chi connectivity index (χ1) is 16.6. The molecule has 2 aliphatic rings. The van der Waals surface area contributed by atoms with Gasteiger partial charge in [0.25, 0.3) is 11.8 Å². The molecule has 0 radical (unpaired) electrons. The molecular formula is C28H37N3O3. The summed E-state index contributed by atoms with van der Waals surface area (Å²) in [4.78, 5) is 34.7. The minimum Gasteiger partial charge on any atom is -0.496 e. The fraction of sp³-hybridized carbons (Fsp3) is 0.500. The SMILES string of the molecule is CC.CCCCN(CCC)CN1C(=O)c2c3c(c4[nH]c5cccc(OC)c5c4c2C1=O)CCC3. The maximum Gasteiger partial charge on any atom is 0.263 e. The molecule has 5 rings (SSSR count). The van der Waals surface area contributed by atoms with Gasteiger partial charge >= 0.3 is 0 Å². The summed E-state index contributed by atoms with van der Waals surface area (Å²) >= 11 is 0. The Morgan fingerprint density at radius 2 is 1.71 bits per heavy atom. The Bertz CT molecular complexity index is 1230. The molecule has 0 saturated heterocycles. The van der Waals surface area contributed by atoms with Gasteiger partial charge in [0.05, 0.1) is 41.3 Å². The smallest absolute Gasteiger partial charge is 0.263 e. The number of imide groups is 1. The van der Waals surface area contributed by atoms with Crippen molar-refractivity contribution < 1.29 is 14.3 Å². The van der Waals surface area contributed by atoms with Crippen LogP contribution < -0.4 is 4.74 Å². The number of methoxy groups -OCH3 is 1. The summed E-state index contributed by atoms with van der Waals surface area (Å²) in [6.45, 7) is 10.4. The van der Waals surface area contributed by atoms with Crippen LogP contribution in [0.1, 0.15) is 85.2 Å². The summed E-state index contributed by atoms with van der Waals surface area (Å²) in [5.41, 5.74) is 5.39. The second-order valence-electron chi connectivity index (χ2n) is 8.97. The van der Waals surface area contributed by atoms with Crippen LogP contribution in [-0.4, -0.2) is 53.5 Å². The number of amides is 2. The number of ether oxygens (including phenoxy) is 1. The number of H-pyrrole nitrogens is 1. The molecule has 3 aromatic rings. The number of fused-ring (bicyclic) bond motifs is 8. The van der Waals surface area contributed by atoms with Crippen molar-refractivity contribution in [1.82, 2.24) is 14.8 Å². The third kappa shape index (κ3) is 3.78. The zero-order valence-corrected chi connectivity index (χ0v) is 21.2. The Morgan fingerprint density at radius 1 is 0.971 bits per heavy atom. The van der Waals surface area contributed by atoms with Gasteiger partial charge in [-0.1, -0.05) is 40.2 Å². The fourth-order valence-electron chi connectivity index (χ4n) is 5.52. The first kappa shape index (κ1) is 24.3. The number of benzene rings is 2. The maximum atomic E-state index is 13.8. The second kappa shape index (κ2) is 10.2. The highest BCUT2D eigenvalue weighted by atomic mass is 16.5. The summed E-state index contributed by atoms with van der Waals surface area (Å²) in [5.74, 6) is 0.421. The van der Waals surface area contributed by atoms with Crippen LogP contribution in [0, 0.1) is 0 Å². The minimum absolute atomic E-state index is 0.133. The Kier molecular flexibility index (Phi) is 7.27. The van der Waals surface area contributed by atoms with Gasteiger partial charge in [-0.05, 0) is 68.5 Å². The lowest BCUT2D eigenvalue weighted by atomic mass is 9.93. The molecule has 6 heteroatoms. The number of hydrogen-bond donors (Lipinski definition) is 1. The molecule has 0 spiro atoms. The van der Waals surface area contributed by atoms with E-state index in [-0.39, 0.29) is 11.8 Å². The largest absolute Gasteiger partial charge is 0.496 e. The molecule has 0 fully saturated rings. The third-order valence-corrected chi connectivity index (χ3v) is 6.95. The third-order valence-electron chi connectivity index (χ3n) is 6.95. The number of carbonyl (C=O) groups excluding carboxylic acids is 2. The van der Waals surface area contributed by atoms with E-state index in [0.29, 0.717) is 17.8 Å². The van der Waals surface area contributed by atoms with Gasteiger partial charge in [0, 0.05) is 5.39 Å². The first-order valence-corrected chi connectivity index (χ1v) is 12.8. The average molecular weight is 464 g/mol. The number of aryl methyl sites for hydroxylation is 1. The highest BCUT2D eigenvalue weighted by Crippen LogP contribution is 2.45. The lowest BCUT2D eigenvalue weighted by molar-refractivity contribution is 0.0539. The Hall–Kier alpha value is -2.86. The van der Waals surface area contributed by atoms with Gasteiger partial charge < -0.3 is 9.72 Å². The van der Waals surface area contributed by atoms with Crippen molar-refractivity contribution in [3.63, 3.8) is 0 Å². The van der Waals surface area contributed by atoms with Gasteiger partial charge in [-0.2, -0.15) is 0 Å². The summed E-state index contributed by atoms with van der Waals surface area (Å²) in [6.07, 6.45) is 5.92. The predicted molar refractivity (Wildman–Crippen MR) is 138 cm³/mol. The fourth-order valence-corrected chi connectivity index (χ4v) is 5.52. The summed E-state index contributed by atoms with van der Waals surface area (Å²) < 4.78 is 5.66. The number of carbonyl (C=O) groups is 2. The molecule has 0 unspecified atom stereocenters. The highest BCUT2D eigenvalue weighted by Gasteiger charge is 2.42. The number of aromatic amines is 1. The number of nitrogens with one attached hydrogen (secondary N) is 1. The zero-order chi connectivity index (χ0) is 24.4. The standard InChI is InChI=1S/C26H31N3O3.C2H6/c1-4-6-14-28(13-5-2)15-29-25(30)20-16-9-7-10-17(16)24-22(23(20)26(29)31)21-18(27-24)11-8-12-19(21)32-3;1-2/h8,11-12,27H,4-7,9-10,13-15H2,1-3H3;1-2H3. The van der Waals surface area contributed by atoms with Gasteiger partial charge in [-0.25, -0.2) is 0 Å². The molecule has 34 heavy (non-hydrogen) atoms. The molecule has 6 nitrogen and oxygen atoms in total. The lowest BCUT2D eigenvalue weighted by Crippen LogP contribution is -2.42. The van der Waals surface area contributed by atoms with Gasteiger partial charge in [-0.15, -0.1) is 0 Å². The van der Waals surface area contributed by atoms with Crippen molar-refractivity contribution in [2.24, 2.45) is 0 Å². The van der Waals surface area contributed by atoms with E-state index >= 15 is 0 Å². The van der Waals surface area contributed by atoms with E-state index in [1.807, 2.05) is 32.0 Å². The van der Waals surface area contributed by atoms with Gasteiger partial charge in [-0.3, -0.25) is 19.4 Å².